The van der Waals surface area contributed by atoms with E-state index in [1.165, 1.54) is 0 Å². The molecule has 1 aromatic rings. The molecule has 0 amide bonds. The molecule has 0 saturated heterocycles. The number of pyridine rings is 1. The second-order valence-electron chi connectivity index (χ2n) is 2.63. The summed E-state index contributed by atoms with van der Waals surface area (Å²) in [6, 6.07) is 0. The van der Waals surface area contributed by atoms with Gasteiger partial charge in [-0.05, 0) is 0 Å². The molecule has 3 N–H and O–H groups in total. The molecule has 0 fully saturated rings. The van der Waals surface area contributed by atoms with Crippen molar-refractivity contribution in [1.29, 1.82) is 0 Å². The van der Waals surface area contributed by atoms with Gasteiger partial charge in [0.05, 0.1) is 5.56 Å². The van der Waals surface area contributed by atoms with Gasteiger partial charge in [-0.3, -0.25) is 0 Å². The maximum Gasteiger partial charge on any atom is 0.573 e. The average molecular weight is 244 g/mol. The fourth-order valence-electron chi connectivity index (χ4n) is 0.890. The second kappa shape index (κ2) is 3.99. The summed E-state index contributed by atoms with van der Waals surface area (Å²) in [6.45, 7) is 0. The quantitative estimate of drug-likeness (QED) is 0.782. The third-order valence-corrected chi connectivity index (χ3v) is 1.52. The number of nitrogens with two attached hydrogens (primary N) is 1. The van der Waals surface area contributed by atoms with Crippen molar-refractivity contribution in [3.8, 4) is 11.5 Å². The first-order chi connectivity index (χ1) is 7.22. The zero-order valence-electron chi connectivity index (χ0n) is 7.42. The summed E-state index contributed by atoms with van der Waals surface area (Å²) in [4.78, 5) is 3.09. The standard InChI is InChI=1S/C7H5F5N2O2/c8-5(9)2-1-14-6(13)3(15)4(2)16-7(10,11)12/h1,5,15H,(H2,13,14). The fraction of sp³-hybridized carbons (Fsp3) is 0.286. The van der Waals surface area contributed by atoms with Crippen LogP contribution >= 0.6 is 0 Å². The summed E-state index contributed by atoms with van der Waals surface area (Å²) in [5.74, 6) is -3.44. The van der Waals surface area contributed by atoms with Crippen LogP contribution in [0.5, 0.6) is 11.5 Å². The molecule has 0 saturated carbocycles. The lowest BCUT2D eigenvalue weighted by Crippen LogP contribution is -2.18. The van der Waals surface area contributed by atoms with E-state index in [9.17, 15) is 22.0 Å². The summed E-state index contributed by atoms with van der Waals surface area (Å²) >= 11 is 0. The molecule has 1 rings (SSSR count). The molecule has 4 nitrogen and oxygen atoms in total. The number of hydrogen-bond donors (Lipinski definition) is 2. The van der Waals surface area contributed by atoms with E-state index < -0.39 is 35.7 Å². The van der Waals surface area contributed by atoms with E-state index in [1.54, 1.807) is 0 Å². The van der Waals surface area contributed by atoms with Gasteiger partial charge in [0.25, 0.3) is 6.43 Å². The molecule has 9 heteroatoms. The van der Waals surface area contributed by atoms with Crippen LogP contribution in [0.2, 0.25) is 0 Å². The molecular weight excluding hydrogens is 239 g/mol. The number of halogens is 5. The maximum absolute atomic E-state index is 12.3. The zero-order valence-corrected chi connectivity index (χ0v) is 7.42. The van der Waals surface area contributed by atoms with E-state index in [1.807, 2.05) is 0 Å². The number of anilines is 1. The first-order valence-electron chi connectivity index (χ1n) is 3.73. The van der Waals surface area contributed by atoms with E-state index in [0.717, 1.165) is 0 Å². The third-order valence-electron chi connectivity index (χ3n) is 1.52. The molecule has 0 aromatic carbocycles. The molecule has 0 radical (unpaired) electrons. The van der Waals surface area contributed by atoms with Crippen LogP contribution in [0.15, 0.2) is 6.20 Å². The molecule has 0 aliphatic carbocycles. The van der Waals surface area contributed by atoms with Crippen molar-refractivity contribution in [3.05, 3.63) is 11.8 Å². The third kappa shape index (κ3) is 2.61. The van der Waals surface area contributed by atoms with E-state index in [0.29, 0.717) is 6.20 Å². The van der Waals surface area contributed by atoms with Gasteiger partial charge in [-0.1, -0.05) is 0 Å². The van der Waals surface area contributed by atoms with Crippen molar-refractivity contribution >= 4 is 5.82 Å². The van der Waals surface area contributed by atoms with Gasteiger partial charge in [-0.25, -0.2) is 13.8 Å². The minimum absolute atomic E-state index is 0.404. The predicted molar refractivity (Wildman–Crippen MR) is 42.0 cm³/mol. The summed E-state index contributed by atoms with van der Waals surface area (Å²) < 4.78 is 63.4. The van der Waals surface area contributed by atoms with E-state index >= 15 is 0 Å². The van der Waals surface area contributed by atoms with Gasteiger partial charge in [0.2, 0.25) is 5.75 Å². The van der Waals surface area contributed by atoms with Crippen LogP contribution in [-0.2, 0) is 0 Å². The van der Waals surface area contributed by atoms with Crippen molar-refractivity contribution in [2.45, 2.75) is 12.8 Å². The Morgan fingerprint density at radius 1 is 1.38 bits per heavy atom. The van der Waals surface area contributed by atoms with Gasteiger partial charge in [-0.15, -0.1) is 13.2 Å². The minimum atomic E-state index is -5.21. The van der Waals surface area contributed by atoms with Crippen molar-refractivity contribution in [3.63, 3.8) is 0 Å². The van der Waals surface area contributed by atoms with Gasteiger partial charge in [0.1, 0.15) is 0 Å². The number of hydrogen-bond acceptors (Lipinski definition) is 4. The number of aromatic nitrogens is 1. The Morgan fingerprint density at radius 3 is 2.38 bits per heavy atom. The highest BCUT2D eigenvalue weighted by atomic mass is 19.4. The van der Waals surface area contributed by atoms with Gasteiger partial charge in [-0.2, -0.15) is 0 Å². The minimum Gasteiger partial charge on any atom is -0.502 e. The molecule has 0 aliphatic rings. The Hall–Kier alpha value is -1.80. The Balaban J connectivity index is 3.26. The summed E-state index contributed by atoms with van der Waals surface area (Å²) in [5, 5.41) is 9.04. The smallest absolute Gasteiger partial charge is 0.502 e. The van der Waals surface area contributed by atoms with Gasteiger partial charge >= 0.3 is 6.36 Å². The lowest BCUT2D eigenvalue weighted by atomic mass is 10.2. The number of rotatable bonds is 2. The molecule has 0 unspecified atom stereocenters. The van der Waals surface area contributed by atoms with Gasteiger partial charge < -0.3 is 15.6 Å². The largest absolute Gasteiger partial charge is 0.573 e. The normalized spacial score (nSPS) is 11.9. The molecule has 1 heterocycles. The Kier molecular flexibility index (Phi) is 3.06. The van der Waals surface area contributed by atoms with Crippen LogP contribution in [0.25, 0.3) is 0 Å². The number of aromatic hydroxyl groups is 1. The van der Waals surface area contributed by atoms with Crippen LogP contribution in [-0.4, -0.2) is 16.5 Å². The molecule has 1 aromatic heterocycles. The Labute approximate surface area is 85.5 Å². The first-order valence-corrected chi connectivity index (χ1v) is 3.73. The molecular formula is C7H5F5N2O2. The highest BCUT2D eigenvalue weighted by Gasteiger charge is 2.35. The van der Waals surface area contributed by atoms with E-state index in [2.05, 4.69) is 9.72 Å². The monoisotopic (exact) mass is 244 g/mol. The van der Waals surface area contributed by atoms with Crippen LogP contribution in [0.4, 0.5) is 27.8 Å². The highest BCUT2D eigenvalue weighted by Crippen LogP contribution is 2.41. The van der Waals surface area contributed by atoms with Crippen molar-refractivity contribution in [1.82, 2.24) is 4.98 Å². The topological polar surface area (TPSA) is 68.4 Å². The SMILES string of the molecule is Nc1ncc(C(F)F)c(OC(F)(F)F)c1O. The number of alkyl halides is 5. The van der Waals surface area contributed by atoms with Crippen molar-refractivity contribution < 1.29 is 31.8 Å². The first kappa shape index (κ1) is 12.3. The van der Waals surface area contributed by atoms with E-state index in [4.69, 9.17) is 10.8 Å². The molecule has 16 heavy (non-hydrogen) atoms. The lowest BCUT2D eigenvalue weighted by molar-refractivity contribution is -0.275. The Morgan fingerprint density at radius 2 is 1.94 bits per heavy atom. The van der Waals surface area contributed by atoms with Crippen LogP contribution in [0, 0.1) is 0 Å². The zero-order chi connectivity index (χ0) is 12.5. The molecule has 0 bridgehead atoms. The molecule has 0 spiro atoms. The predicted octanol–water partition coefficient (Wildman–Crippen LogP) is 2.21. The summed E-state index contributed by atoms with van der Waals surface area (Å²) in [6.07, 6.45) is -8.09. The molecule has 0 aliphatic heterocycles. The van der Waals surface area contributed by atoms with E-state index in [-0.39, 0.29) is 0 Å². The van der Waals surface area contributed by atoms with Crippen molar-refractivity contribution in [2.24, 2.45) is 0 Å². The number of ether oxygens (including phenoxy) is 1. The molecule has 90 valence electrons. The van der Waals surface area contributed by atoms with Gasteiger partial charge in [0.15, 0.2) is 11.6 Å². The van der Waals surface area contributed by atoms with Crippen molar-refractivity contribution in [2.75, 3.05) is 5.73 Å². The van der Waals surface area contributed by atoms with Gasteiger partial charge in [0, 0.05) is 6.20 Å². The van der Waals surface area contributed by atoms with Crippen LogP contribution < -0.4 is 10.5 Å². The Bertz CT molecular complexity index is 393. The second-order valence-corrected chi connectivity index (χ2v) is 2.63. The summed E-state index contributed by atoms with van der Waals surface area (Å²) in [5.41, 5.74) is 3.76. The number of nitrogen functional groups attached to an aromatic ring is 1. The number of nitrogens with zero attached hydrogens (tertiary/aromatic N) is 1. The summed E-state index contributed by atoms with van der Waals surface area (Å²) in [7, 11) is 0. The maximum atomic E-state index is 12.3. The highest BCUT2D eigenvalue weighted by molar-refractivity contribution is 5.57. The lowest BCUT2D eigenvalue weighted by Gasteiger charge is -2.14. The fourth-order valence-corrected chi connectivity index (χ4v) is 0.890. The van der Waals surface area contributed by atoms with Crippen LogP contribution in [0.1, 0.15) is 12.0 Å². The molecule has 0 atom stereocenters. The average Bonchev–Trinajstić information content (AvgIpc) is 2.10. The van der Waals surface area contributed by atoms with Crippen LogP contribution in [0.3, 0.4) is 0 Å².